The molecule has 0 saturated heterocycles. The van der Waals surface area contributed by atoms with Crippen molar-refractivity contribution in [1.82, 2.24) is 4.90 Å². The molecule has 3 aromatic rings. The first kappa shape index (κ1) is 28.7. The van der Waals surface area contributed by atoms with Gasteiger partial charge >= 0.3 is 0 Å². The molecule has 1 N–H and O–H groups in total. The zero-order chi connectivity index (χ0) is 25.4. The zero-order valence-corrected chi connectivity index (χ0v) is 23.2. The van der Waals surface area contributed by atoms with Gasteiger partial charge in [-0.1, -0.05) is 139 Å². The van der Waals surface area contributed by atoms with Crippen molar-refractivity contribution >= 4 is 21.5 Å². The van der Waals surface area contributed by atoms with Gasteiger partial charge in [-0.05, 0) is 59.1 Å². The summed E-state index contributed by atoms with van der Waals surface area (Å²) in [6, 6.07) is 19.4. The Morgan fingerprint density at radius 1 is 0.583 bits per heavy atom. The normalized spacial score (nSPS) is 12.7. The molecule has 2 heteroatoms. The first-order chi connectivity index (χ1) is 17.7. The van der Waals surface area contributed by atoms with E-state index in [-0.39, 0.29) is 0 Å². The van der Waals surface area contributed by atoms with Crippen molar-refractivity contribution < 1.29 is 5.11 Å². The highest BCUT2D eigenvalue weighted by atomic mass is 16.3. The standard InChI is InChI=1S/C34H51NO/c1-3-5-7-9-11-13-19-25-35(26-20-14-12-10-8-6-4-2)28-34(36)33-27-29-21-15-16-22-30(29)31-23-17-18-24-32(31)33/h15-18,21-24,27,34,36H,3-14,19-20,25-26,28H2,1-2H3. The van der Waals surface area contributed by atoms with Gasteiger partial charge in [0, 0.05) is 6.54 Å². The van der Waals surface area contributed by atoms with E-state index >= 15 is 0 Å². The van der Waals surface area contributed by atoms with Crippen molar-refractivity contribution in [1.29, 1.82) is 0 Å². The molecule has 0 fully saturated rings. The van der Waals surface area contributed by atoms with Gasteiger partial charge in [0.1, 0.15) is 0 Å². The second kappa shape index (κ2) is 16.8. The molecule has 0 radical (unpaired) electrons. The second-order valence-electron chi connectivity index (χ2n) is 10.8. The van der Waals surface area contributed by atoms with Crippen LogP contribution in [0.4, 0.5) is 0 Å². The molecule has 2 nitrogen and oxygen atoms in total. The molecule has 0 amide bonds. The largest absolute Gasteiger partial charge is 0.387 e. The van der Waals surface area contributed by atoms with E-state index in [0.717, 1.165) is 25.2 Å². The van der Waals surface area contributed by atoms with Gasteiger partial charge in [-0.15, -0.1) is 0 Å². The van der Waals surface area contributed by atoms with Crippen LogP contribution in [0.2, 0.25) is 0 Å². The predicted molar refractivity (Wildman–Crippen MR) is 159 cm³/mol. The molecule has 0 spiro atoms. The molecular weight excluding hydrogens is 438 g/mol. The molecule has 0 aliphatic rings. The van der Waals surface area contributed by atoms with E-state index in [9.17, 15) is 5.11 Å². The van der Waals surface area contributed by atoms with E-state index in [2.05, 4.69) is 73.3 Å². The van der Waals surface area contributed by atoms with Crippen LogP contribution >= 0.6 is 0 Å². The van der Waals surface area contributed by atoms with Crippen LogP contribution in [-0.2, 0) is 0 Å². The molecule has 36 heavy (non-hydrogen) atoms. The summed E-state index contributed by atoms with van der Waals surface area (Å²) in [5, 5.41) is 16.4. The van der Waals surface area contributed by atoms with Crippen LogP contribution in [0.1, 0.15) is 115 Å². The van der Waals surface area contributed by atoms with Crippen molar-refractivity contribution in [2.24, 2.45) is 0 Å². The fraction of sp³-hybridized carbons (Fsp3) is 0.588. The minimum Gasteiger partial charge on any atom is -0.387 e. The Balaban J connectivity index is 1.62. The van der Waals surface area contributed by atoms with Crippen molar-refractivity contribution in [2.75, 3.05) is 19.6 Å². The van der Waals surface area contributed by atoms with Crippen LogP contribution in [0, 0.1) is 0 Å². The summed E-state index contributed by atoms with van der Waals surface area (Å²) in [5.74, 6) is 0. The third-order valence-electron chi connectivity index (χ3n) is 7.75. The van der Waals surface area contributed by atoms with Crippen LogP contribution in [-0.4, -0.2) is 29.6 Å². The molecular formula is C34H51NO. The lowest BCUT2D eigenvalue weighted by molar-refractivity contribution is 0.111. The Morgan fingerprint density at radius 3 is 1.64 bits per heavy atom. The van der Waals surface area contributed by atoms with Crippen LogP contribution in [0.5, 0.6) is 0 Å². The molecule has 3 aromatic carbocycles. The smallest absolute Gasteiger partial charge is 0.0923 e. The molecule has 1 unspecified atom stereocenters. The van der Waals surface area contributed by atoms with Gasteiger partial charge in [-0.3, -0.25) is 0 Å². The second-order valence-corrected chi connectivity index (χ2v) is 10.8. The molecule has 0 saturated carbocycles. The molecule has 0 heterocycles. The Hall–Kier alpha value is -1.90. The summed E-state index contributed by atoms with van der Waals surface area (Å²) in [6.45, 7) is 7.50. The van der Waals surface area contributed by atoms with Crippen LogP contribution < -0.4 is 0 Å². The Morgan fingerprint density at radius 2 is 1.06 bits per heavy atom. The number of fused-ring (bicyclic) bond motifs is 3. The van der Waals surface area contributed by atoms with E-state index in [1.165, 1.54) is 111 Å². The Labute approximate surface area is 221 Å². The zero-order valence-electron chi connectivity index (χ0n) is 23.2. The minimum atomic E-state index is -0.464. The van der Waals surface area contributed by atoms with Gasteiger partial charge in [0.25, 0.3) is 0 Å². The fourth-order valence-corrected chi connectivity index (χ4v) is 5.58. The summed E-state index contributed by atoms with van der Waals surface area (Å²) in [6.07, 6.45) is 18.2. The van der Waals surface area contributed by atoms with E-state index in [1.54, 1.807) is 0 Å². The summed E-state index contributed by atoms with van der Waals surface area (Å²) in [5.41, 5.74) is 1.08. The third-order valence-corrected chi connectivity index (χ3v) is 7.75. The summed E-state index contributed by atoms with van der Waals surface area (Å²) in [4.78, 5) is 2.55. The molecule has 0 aliphatic heterocycles. The molecule has 3 rings (SSSR count). The summed E-state index contributed by atoms with van der Waals surface area (Å²) >= 11 is 0. The summed E-state index contributed by atoms with van der Waals surface area (Å²) in [7, 11) is 0. The average Bonchev–Trinajstić information content (AvgIpc) is 2.91. The number of unbranched alkanes of at least 4 members (excludes halogenated alkanes) is 12. The third kappa shape index (κ3) is 9.20. The highest BCUT2D eigenvalue weighted by molar-refractivity contribution is 6.09. The maximum Gasteiger partial charge on any atom is 0.0923 e. The highest BCUT2D eigenvalue weighted by Crippen LogP contribution is 2.32. The van der Waals surface area contributed by atoms with E-state index < -0.39 is 6.10 Å². The quantitative estimate of drug-likeness (QED) is 0.134. The minimum absolute atomic E-state index is 0.464. The van der Waals surface area contributed by atoms with Gasteiger partial charge in [-0.2, -0.15) is 0 Å². The number of aliphatic hydroxyl groups excluding tert-OH is 1. The van der Waals surface area contributed by atoms with Gasteiger partial charge in [0.05, 0.1) is 6.10 Å². The Bertz CT molecular complexity index is 979. The first-order valence-electron chi connectivity index (χ1n) is 15.1. The SMILES string of the molecule is CCCCCCCCCN(CCCCCCCCC)CC(O)c1cc2ccccc2c2ccccc12. The van der Waals surface area contributed by atoms with Crippen molar-refractivity contribution in [3.05, 3.63) is 60.2 Å². The van der Waals surface area contributed by atoms with Crippen LogP contribution in [0.15, 0.2) is 54.6 Å². The number of hydrogen-bond donors (Lipinski definition) is 1. The number of hydrogen-bond acceptors (Lipinski definition) is 2. The van der Waals surface area contributed by atoms with E-state index in [0.29, 0.717) is 0 Å². The molecule has 0 aliphatic carbocycles. The van der Waals surface area contributed by atoms with Gasteiger partial charge in [0.15, 0.2) is 0 Å². The van der Waals surface area contributed by atoms with Gasteiger partial charge in [-0.25, -0.2) is 0 Å². The van der Waals surface area contributed by atoms with E-state index in [1.807, 2.05) is 0 Å². The number of rotatable bonds is 19. The number of nitrogens with zero attached hydrogens (tertiary/aromatic N) is 1. The first-order valence-corrected chi connectivity index (χ1v) is 15.1. The molecule has 198 valence electrons. The summed E-state index contributed by atoms with van der Waals surface area (Å²) < 4.78 is 0. The lowest BCUT2D eigenvalue weighted by atomic mass is 9.94. The van der Waals surface area contributed by atoms with Gasteiger partial charge < -0.3 is 10.0 Å². The number of aliphatic hydroxyl groups is 1. The topological polar surface area (TPSA) is 23.5 Å². The Kier molecular flexibility index (Phi) is 13.4. The molecule has 0 bridgehead atoms. The maximum absolute atomic E-state index is 11.5. The fourth-order valence-electron chi connectivity index (χ4n) is 5.58. The van der Waals surface area contributed by atoms with Crippen molar-refractivity contribution in [3.8, 4) is 0 Å². The van der Waals surface area contributed by atoms with Crippen molar-refractivity contribution in [2.45, 2.75) is 110 Å². The van der Waals surface area contributed by atoms with Crippen LogP contribution in [0.3, 0.4) is 0 Å². The van der Waals surface area contributed by atoms with Gasteiger partial charge in [0.2, 0.25) is 0 Å². The average molecular weight is 490 g/mol. The predicted octanol–water partition coefficient (Wildman–Crippen LogP) is 9.83. The highest BCUT2D eigenvalue weighted by Gasteiger charge is 2.17. The molecule has 1 atom stereocenters. The van der Waals surface area contributed by atoms with E-state index in [4.69, 9.17) is 0 Å². The maximum atomic E-state index is 11.5. The molecule has 0 aromatic heterocycles. The van der Waals surface area contributed by atoms with Crippen molar-refractivity contribution in [3.63, 3.8) is 0 Å². The number of benzene rings is 3. The monoisotopic (exact) mass is 489 g/mol. The lowest BCUT2D eigenvalue weighted by Gasteiger charge is -2.26. The van der Waals surface area contributed by atoms with Crippen LogP contribution in [0.25, 0.3) is 21.5 Å². The lowest BCUT2D eigenvalue weighted by Crippen LogP contribution is -2.31.